The summed E-state index contributed by atoms with van der Waals surface area (Å²) in [6, 6.07) is 7.30. The van der Waals surface area contributed by atoms with Crippen LogP contribution in [0.1, 0.15) is 30.4 Å². The lowest BCUT2D eigenvalue weighted by atomic mass is 9.89. The van der Waals surface area contributed by atoms with Crippen molar-refractivity contribution in [3.05, 3.63) is 35.4 Å². The molecule has 1 aromatic carbocycles. The van der Waals surface area contributed by atoms with Gasteiger partial charge in [0, 0.05) is 13.0 Å². The van der Waals surface area contributed by atoms with Gasteiger partial charge < -0.3 is 10.0 Å². The number of amides is 1. The average molecular weight is 301 g/mol. The van der Waals surface area contributed by atoms with Gasteiger partial charge in [0.25, 0.3) is 0 Å². The molecule has 0 aromatic heterocycles. The molecule has 1 heterocycles. The highest BCUT2D eigenvalue weighted by atomic mass is 19.4. The summed E-state index contributed by atoms with van der Waals surface area (Å²) in [6.07, 6.45) is -5.67. The SMILES string of the molecule is Cc1ccccc1[C@]1(O)CCN(C(=O)CCC(F)(F)F)C1. The summed E-state index contributed by atoms with van der Waals surface area (Å²) in [5.74, 6) is -0.558. The zero-order valence-corrected chi connectivity index (χ0v) is 11.8. The van der Waals surface area contributed by atoms with E-state index in [0.29, 0.717) is 6.42 Å². The number of likely N-dealkylation sites (tertiary alicyclic amines) is 1. The summed E-state index contributed by atoms with van der Waals surface area (Å²) in [6.45, 7) is 2.19. The molecule has 116 valence electrons. The number of carbonyl (C=O) groups excluding carboxylic acids is 1. The Morgan fingerprint density at radius 3 is 2.67 bits per heavy atom. The van der Waals surface area contributed by atoms with Gasteiger partial charge in [-0.2, -0.15) is 13.2 Å². The second-order valence-electron chi connectivity index (χ2n) is 5.53. The number of aliphatic hydroxyl groups is 1. The van der Waals surface area contributed by atoms with Crippen LogP contribution in [0.4, 0.5) is 13.2 Å². The minimum atomic E-state index is -4.33. The molecule has 0 saturated carbocycles. The van der Waals surface area contributed by atoms with Crippen LogP contribution in [0.3, 0.4) is 0 Å². The maximum atomic E-state index is 12.2. The monoisotopic (exact) mass is 301 g/mol. The molecule has 1 amide bonds. The molecule has 1 aromatic rings. The maximum absolute atomic E-state index is 12.2. The number of hydrogen-bond donors (Lipinski definition) is 1. The van der Waals surface area contributed by atoms with Crippen molar-refractivity contribution in [2.75, 3.05) is 13.1 Å². The quantitative estimate of drug-likeness (QED) is 0.932. The van der Waals surface area contributed by atoms with Crippen LogP contribution in [0.2, 0.25) is 0 Å². The van der Waals surface area contributed by atoms with Gasteiger partial charge in [0.1, 0.15) is 5.60 Å². The summed E-state index contributed by atoms with van der Waals surface area (Å²) in [5.41, 5.74) is 0.472. The molecule has 0 aliphatic carbocycles. The molecule has 1 N–H and O–H groups in total. The number of halogens is 3. The lowest BCUT2D eigenvalue weighted by molar-refractivity contribution is -0.149. The minimum absolute atomic E-state index is 0.0501. The van der Waals surface area contributed by atoms with Gasteiger partial charge >= 0.3 is 6.18 Å². The molecule has 3 nitrogen and oxygen atoms in total. The van der Waals surface area contributed by atoms with Gasteiger partial charge in [0.05, 0.1) is 13.0 Å². The number of alkyl halides is 3. The maximum Gasteiger partial charge on any atom is 0.389 e. The number of nitrogens with zero attached hydrogens (tertiary/aromatic N) is 1. The van der Waals surface area contributed by atoms with Crippen LogP contribution < -0.4 is 0 Å². The van der Waals surface area contributed by atoms with Gasteiger partial charge in [-0.05, 0) is 24.5 Å². The number of rotatable bonds is 3. The normalized spacial score (nSPS) is 22.6. The summed E-state index contributed by atoms with van der Waals surface area (Å²) in [7, 11) is 0. The highest BCUT2D eigenvalue weighted by Crippen LogP contribution is 2.34. The third-order valence-electron chi connectivity index (χ3n) is 3.87. The molecule has 1 atom stereocenters. The second kappa shape index (κ2) is 5.67. The number of carbonyl (C=O) groups is 1. The average Bonchev–Trinajstić information content (AvgIpc) is 2.79. The van der Waals surface area contributed by atoms with E-state index in [1.54, 1.807) is 12.1 Å². The van der Waals surface area contributed by atoms with Crippen LogP contribution in [0.5, 0.6) is 0 Å². The Balaban J connectivity index is 2.03. The molecular formula is C15H18F3NO2. The summed E-state index contributed by atoms with van der Waals surface area (Å²) < 4.78 is 36.5. The van der Waals surface area contributed by atoms with E-state index in [4.69, 9.17) is 0 Å². The van der Waals surface area contributed by atoms with Crippen molar-refractivity contribution in [2.24, 2.45) is 0 Å². The van der Waals surface area contributed by atoms with Crippen molar-refractivity contribution in [3.63, 3.8) is 0 Å². The number of benzene rings is 1. The van der Waals surface area contributed by atoms with Gasteiger partial charge in [-0.15, -0.1) is 0 Å². The predicted octanol–water partition coefficient (Wildman–Crippen LogP) is 2.76. The van der Waals surface area contributed by atoms with E-state index in [0.717, 1.165) is 11.1 Å². The van der Waals surface area contributed by atoms with Crippen LogP contribution in [0.15, 0.2) is 24.3 Å². The van der Waals surface area contributed by atoms with Gasteiger partial charge in [0.15, 0.2) is 0 Å². The molecule has 0 spiro atoms. The molecule has 1 fully saturated rings. The Hall–Kier alpha value is -1.56. The lowest BCUT2D eigenvalue weighted by Crippen LogP contribution is -2.35. The van der Waals surface area contributed by atoms with Crippen molar-refractivity contribution in [1.29, 1.82) is 0 Å². The molecule has 0 unspecified atom stereocenters. The predicted molar refractivity (Wildman–Crippen MR) is 71.6 cm³/mol. The molecule has 1 aliphatic heterocycles. The van der Waals surface area contributed by atoms with Crippen LogP contribution in [0.25, 0.3) is 0 Å². The number of aryl methyl sites for hydroxylation is 1. The second-order valence-corrected chi connectivity index (χ2v) is 5.53. The fraction of sp³-hybridized carbons (Fsp3) is 0.533. The smallest absolute Gasteiger partial charge is 0.383 e. The standard InChI is InChI=1S/C15H18F3NO2/c1-11-4-2-3-5-12(11)14(21)8-9-19(10-14)13(20)6-7-15(16,17)18/h2-5,21H,6-10H2,1H3/t14-/m0/s1. The van der Waals surface area contributed by atoms with Crippen molar-refractivity contribution in [2.45, 2.75) is 38.0 Å². The van der Waals surface area contributed by atoms with Crippen LogP contribution in [0, 0.1) is 6.92 Å². The van der Waals surface area contributed by atoms with Crippen LogP contribution >= 0.6 is 0 Å². The topological polar surface area (TPSA) is 40.5 Å². The van der Waals surface area contributed by atoms with Gasteiger partial charge in [0.2, 0.25) is 5.91 Å². The first-order chi connectivity index (χ1) is 9.71. The zero-order valence-electron chi connectivity index (χ0n) is 11.8. The lowest BCUT2D eigenvalue weighted by Gasteiger charge is -2.25. The number of β-amino-alcohol motifs (C(OH)–C–C–N with tert-alkyl or cyclic N) is 1. The van der Waals surface area contributed by atoms with Crippen molar-refractivity contribution < 1.29 is 23.1 Å². The Bertz CT molecular complexity index is 530. The fourth-order valence-electron chi connectivity index (χ4n) is 2.73. The zero-order chi connectivity index (χ0) is 15.7. The Morgan fingerprint density at radius 2 is 2.05 bits per heavy atom. The molecule has 0 radical (unpaired) electrons. The van der Waals surface area contributed by atoms with Crippen LogP contribution in [-0.2, 0) is 10.4 Å². The number of hydrogen-bond acceptors (Lipinski definition) is 2. The fourth-order valence-corrected chi connectivity index (χ4v) is 2.73. The highest BCUT2D eigenvalue weighted by molar-refractivity contribution is 5.76. The Labute approximate surface area is 121 Å². The molecule has 0 bridgehead atoms. The Morgan fingerprint density at radius 1 is 1.38 bits per heavy atom. The molecule has 1 saturated heterocycles. The van der Waals surface area contributed by atoms with Crippen molar-refractivity contribution >= 4 is 5.91 Å². The van der Waals surface area contributed by atoms with Gasteiger partial charge in [-0.25, -0.2) is 0 Å². The largest absolute Gasteiger partial charge is 0.389 e. The van der Waals surface area contributed by atoms with E-state index < -0.39 is 30.5 Å². The summed E-state index contributed by atoms with van der Waals surface area (Å²) in [5, 5.41) is 10.7. The highest BCUT2D eigenvalue weighted by Gasteiger charge is 2.40. The van der Waals surface area contributed by atoms with Crippen molar-refractivity contribution in [1.82, 2.24) is 4.90 Å². The molecular weight excluding hydrogens is 283 g/mol. The molecule has 1 aliphatic rings. The van der Waals surface area contributed by atoms with E-state index in [1.807, 2.05) is 19.1 Å². The van der Waals surface area contributed by atoms with Crippen molar-refractivity contribution in [3.8, 4) is 0 Å². The van der Waals surface area contributed by atoms with Crippen LogP contribution in [-0.4, -0.2) is 35.2 Å². The molecule has 6 heteroatoms. The minimum Gasteiger partial charge on any atom is -0.383 e. The molecule has 21 heavy (non-hydrogen) atoms. The van der Waals surface area contributed by atoms with E-state index in [9.17, 15) is 23.1 Å². The first-order valence-corrected chi connectivity index (χ1v) is 6.84. The summed E-state index contributed by atoms with van der Waals surface area (Å²) >= 11 is 0. The van der Waals surface area contributed by atoms with E-state index in [2.05, 4.69) is 0 Å². The Kier molecular flexibility index (Phi) is 4.27. The van der Waals surface area contributed by atoms with Gasteiger partial charge in [-0.1, -0.05) is 24.3 Å². The van der Waals surface area contributed by atoms with E-state index in [-0.39, 0.29) is 13.1 Å². The first-order valence-electron chi connectivity index (χ1n) is 6.84. The molecule has 2 rings (SSSR count). The summed E-state index contributed by atoms with van der Waals surface area (Å²) in [4.78, 5) is 13.1. The van der Waals surface area contributed by atoms with E-state index >= 15 is 0 Å². The van der Waals surface area contributed by atoms with Gasteiger partial charge in [-0.3, -0.25) is 4.79 Å². The third kappa shape index (κ3) is 3.75. The third-order valence-corrected chi connectivity index (χ3v) is 3.87. The first kappa shape index (κ1) is 15.8. The van der Waals surface area contributed by atoms with E-state index in [1.165, 1.54) is 4.90 Å².